The number of aliphatic hydroxyl groups is 1. The van der Waals surface area contributed by atoms with E-state index in [0.29, 0.717) is 0 Å². The molecule has 1 N–H and O–H groups in total. The fourth-order valence-electron chi connectivity index (χ4n) is 1.64. The van der Waals surface area contributed by atoms with E-state index in [2.05, 4.69) is 27.0 Å². The van der Waals surface area contributed by atoms with Crippen molar-refractivity contribution in [3.63, 3.8) is 0 Å². The molecule has 0 aliphatic rings. The van der Waals surface area contributed by atoms with E-state index in [4.69, 9.17) is 5.11 Å². The maximum Gasteiger partial charge on any atom is 0.203 e. The van der Waals surface area contributed by atoms with Crippen LogP contribution < -0.4 is 4.90 Å². The Morgan fingerprint density at radius 3 is 3.12 bits per heavy atom. The standard InChI is InChI=1S/C10H15N5O/c1-2-14(5-3-7-16)9-10-13-12-8-15(10)6-4-11-9/h4,6,8,16H,2-3,5,7H2,1H3. The summed E-state index contributed by atoms with van der Waals surface area (Å²) >= 11 is 0. The second-order valence-electron chi connectivity index (χ2n) is 3.47. The van der Waals surface area contributed by atoms with Gasteiger partial charge >= 0.3 is 0 Å². The van der Waals surface area contributed by atoms with Crippen LogP contribution in [0, 0.1) is 0 Å². The number of anilines is 1. The molecule has 6 nitrogen and oxygen atoms in total. The Balaban J connectivity index is 2.32. The third-order valence-electron chi connectivity index (χ3n) is 2.46. The third kappa shape index (κ3) is 1.96. The molecule has 0 aliphatic heterocycles. The van der Waals surface area contributed by atoms with Crippen molar-refractivity contribution in [2.75, 3.05) is 24.6 Å². The molecule has 0 aliphatic carbocycles. The molecule has 0 radical (unpaired) electrons. The van der Waals surface area contributed by atoms with Crippen LogP contribution in [-0.2, 0) is 0 Å². The van der Waals surface area contributed by atoms with Crippen LogP contribution >= 0.6 is 0 Å². The maximum absolute atomic E-state index is 8.85. The van der Waals surface area contributed by atoms with Gasteiger partial charge in [-0.25, -0.2) is 4.98 Å². The van der Waals surface area contributed by atoms with Crippen molar-refractivity contribution >= 4 is 11.5 Å². The third-order valence-corrected chi connectivity index (χ3v) is 2.46. The lowest BCUT2D eigenvalue weighted by Gasteiger charge is -2.21. The maximum atomic E-state index is 8.85. The first kappa shape index (κ1) is 10.8. The summed E-state index contributed by atoms with van der Waals surface area (Å²) in [6.45, 7) is 3.84. The van der Waals surface area contributed by atoms with Gasteiger partial charge in [0.25, 0.3) is 0 Å². The van der Waals surface area contributed by atoms with Crippen LogP contribution in [0.3, 0.4) is 0 Å². The molecular weight excluding hydrogens is 206 g/mol. The molecule has 0 spiro atoms. The smallest absolute Gasteiger partial charge is 0.203 e. The predicted octanol–water partition coefficient (Wildman–Crippen LogP) is 0.333. The number of rotatable bonds is 5. The van der Waals surface area contributed by atoms with E-state index in [1.807, 2.05) is 10.6 Å². The first-order valence-electron chi connectivity index (χ1n) is 5.37. The van der Waals surface area contributed by atoms with Gasteiger partial charge in [0.2, 0.25) is 5.65 Å². The zero-order chi connectivity index (χ0) is 11.4. The number of fused-ring (bicyclic) bond motifs is 1. The molecule has 0 atom stereocenters. The SMILES string of the molecule is CCN(CCCO)c1nccn2cnnc12. The van der Waals surface area contributed by atoms with E-state index in [1.165, 1.54) is 0 Å². The van der Waals surface area contributed by atoms with Crippen LogP contribution in [0.4, 0.5) is 5.82 Å². The number of hydrogen-bond donors (Lipinski definition) is 1. The molecule has 0 saturated heterocycles. The Kier molecular flexibility index (Phi) is 3.31. The number of aromatic nitrogens is 4. The first-order chi connectivity index (χ1) is 7.86. The molecule has 0 unspecified atom stereocenters. The van der Waals surface area contributed by atoms with E-state index in [1.54, 1.807) is 12.5 Å². The summed E-state index contributed by atoms with van der Waals surface area (Å²) in [5.74, 6) is 0.816. The molecule has 0 aromatic carbocycles. The van der Waals surface area contributed by atoms with Gasteiger partial charge in [-0.1, -0.05) is 0 Å². The minimum atomic E-state index is 0.187. The van der Waals surface area contributed by atoms with Crippen molar-refractivity contribution < 1.29 is 5.11 Å². The van der Waals surface area contributed by atoms with Crippen LogP contribution in [0.5, 0.6) is 0 Å². The van der Waals surface area contributed by atoms with Gasteiger partial charge in [-0.05, 0) is 13.3 Å². The van der Waals surface area contributed by atoms with Gasteiger partial charge in [-0.2, -0.15) is 0 Å². The Hall–Kier alpha value is -1.69. The zero-order valence-corrected chi connectivity index (χ0v) is 9.24. The van der Waals surface area contributed by atoms with Crippen molar-refractivity contribution in [1.29, 1.82) is 0 Å². The van der Waals surface area contributed by atoms with Crippen molar-refractivity contribution in [2.24, 2.45) is 0 Å². The van der Waals surface area contributed by atoms with Crippen molar-refractivity contribution in [3.8, 4) is 0 Å². The average molecular weight is 221 g/mol. The number of aliphatic hydroxyl groups excluding tert-OH is 1. The van der Waals surface area contributed by atoms with Gasteiger partial charge in [0.05, 0.1) is 0 Å². The molecule has 0 fully saturated rings. The zero-order valence-electron chi connectivity index (χ0n) is 9.24. The fraction of sp³-hybridized carbons (Fsp3) is 0.500. The lowest BCUT2D eigenvalue weighted by atomic mass is 10.4. The fourth-order valence-corrected chi connectivity index (χ4v) is 1.64. The molecule has 16 heavy (non-hydrogen) atoms. The van der Waals surface area contributed by atoms with E-state index in [9.17, 15) is 0 Å². The molecule has 2 rings (SSSR count). The van der Waals surface area contributed by atoms with Crippen LogP contribution in [0.1, 0.15) is 13.3 Å². The second kappa shape index (κ2) is 4.89. The van der Waals surface area contributed by atoms with Crippen LogP contribution in [0.15, 0.2) is 18.7 Å². The van der Waals surface area contributed by atoms with Gasteiger partial charge in [-0.3, -0.25) is 4.40 Å². The summed E-state index contributed by atoms with van der Waals surface area (Å²) in [5.41, 5.74) is 0.752. The quantitative estimate of drug-likeness (QED) is 0.788. The van der Waals surface area contributed by atoms with Gasteiger partial charge in [0, 0.05) is 32.1 Å². The lowest BCUT2D eigenvalue weighted by molar-refractivity contribution is 0.289. The minimum Gasteiger partial charge on any atom is -0.396 e. The highest BCUT2D eigenvalue weighted by Crippen LogP contribution is 2.15. The Labute approximate surface area is 93.6 Å². The van der Waals surface area contributed by atoms with E-state index < -0.39 is 0 Å². The number of nitrogens with zero attached hydrogens (tertiary/aromatic N) is 5. The van der Waals surface area contributed by atoms with E-state index >= 15 is 0 Å². The summed E-state index contributed by atoms with van der Waals surface area (Å²) < 4.78 is 1.84. The van der Waals surface area contributed by atoms with Crippen molar-refractivity contribution in [1.82, 2.24) is 19.6 Å². The minimum absolute atomic E-state index is 0.187. The van der Waals surface area contributed by atoms with Gasteiger partial charge in [0.15, 0.2) is 5.82 Å². The summed E-state index contributed by atoms with van der Waals surface area (Å²) in [6.07, 6.45) is 5.93. The number of hydrogen-bond acceptors (Lipinski definition) is 5. The van der Waals surface area contributed by atoms with Gasteiger partial charge < -0.3 is 10.0 Å². The molecule has 2 aromatic heterocycles. The normalized spacial score (nSPS) is 10.9. The highest BCUT2D eigenvalue weighted by atomic mass is 16.3. The molecule has 0 saturated carbocycles. The first-order valence-corrected chi connectivity index (χ1v) is 5.37. The Bertz CT molecular complexity index is 455. The highest BCUT2D eigenvalue weighted by Gasteiger charge is 2.11. The Morgan fingerprint density at radius 2 is 2.38 bits per heavy atom. The van der Waals surface area contributed by atoms with Crippen molar-refractivity contribution in [2.45, 2.75) is 13.3 Å². The molecule has 2 heterocycles. The summed E-state index contributed by atoms with van der Waals surface area (Å²) in [6, 6.07) is 0. The van der Waals surface area contributed by atoms with Crippen molar-refractivity contribution in [3.05, 3.63) is 18.7 Å². The highest BCUT2D eigenvalue weighted by molar-refractivity contribution is 5.63. The molecule has 2 aromatic rings. The monoisotopic (exact) mass is 221 g/mol. The molecule has 0 bridgehead atoms. The van der Waals surface area contributed by atoms with Crippen LogP contribution in [0.2, 0.25) is 0 Å². The van der Waals surface area contributed by atoms with E-state index in [-0.39, 0.29) is 6.61 Å². The molecule has 86 valence electrons. The lowest BCUT2D eigenvalue weighted by Crippen LogP contribution is -2.26. The second-order valence-corrected chi connectivity index (χ2v) is 3.47. The topological polar surface area (TPSA) is 66.5 Å². The van der Waals surface area contributed by atoms with E-state index in [0.717, 1.165) is 31.0 Å². The summed E-state index contributed by atoms with van der Waals surface area (Å²) in [5, 5.41) is 16.7. The van der Waals surface area contributed by atoms with Crippen LogP contribution in [0.25, 0.3) is 5.65 Å². The Morgan fingerprint density at radius 1 is 1.50 bits per heavy atom. The largest absolute Gasteiger partial charge is 0.396 e. The van der Waals surface area contributed by atoms with Gasteiger partial charge in [0.1, 0.15) is 6.33 Å². The van der Waals surface area contributed by atoms with Crippen LogP contribution in [-0.4, -0.2) is 44.4 Å². The average Bonchev–Trinajstić information content (AvgIpc) is 2.78. The predicted molar refractivity (Wildman–Crippen MR) is 60.4 cm³/mol. The molecular formula is C10H15N5O. The summed E-state index contributed by atoms with van der Waals surface area (Å²) in [7, 11) is 0. The molecule has 6 heteroatoms. The van der Waals surface area contributed by atoms with Gasteiger partial charge in [-0.15, -0.1) is 10.2 Å². The molecule has 0 amide bonds. The summed E-state index contributed by atoms with van der Waals surface area (Å²) in [4.78, 5) is 6.41.